The SMILES string of the molecule is CCCNCc1ccncc1Oc1cccc(F)c1F. The van der Waals surface area contributed by atoms with Crippen LogP contribution in [0.15, 0.2) is 36.7 Å². The van der Waals surface area contributed by atoms with Gasteiger partial charge in [-0.15, -0.1) is 0 Å². The third-order valence-corrected chi connectivity index (χ3v) is 2.75. The standard InChI is InChI=1S/C15H16F2N2O/c1-2-7-18-9-11-6-8-19-10-14(11)20-13-5-3-4-12(16)15(13)17/h3-6,8,10,18H,2,7,9H2,1H3. The highest BCUT2D eigenvalue weighted by Crippen LogP contribution is 2.27. The van der Waals surface area contributed by atoms with Crippen LogP contribution in [0.1, 0.15) is 18.9 Å². The van der Waals surface area contributed by atoms with Gasteiger partial charge in [0.25, 0.3) is 0 Å². The molecule has 0 unspecified atom stereocenters. The van der Waals surface area contributed by atoms with Crippen molar-refractivity contribution in [2.75, 3.05) is 6.54 Å². The molecule has 0 radical (unpaired) electrons. The highest BCUT2D eigenvalue weighted by molar-refractivity contribution is 5.36. The van der Waals surface area contributed by atoms with Gasteiger partial charge < -0.3 is 10.1 Å². The van der Waals surface area contributed by atoms with Gasteiger partial charge in [0.2, 0.25) is 5.82 Å². The van der Waals surface area contributed by atoms with Crippen LogP contribution >= 0.6 is 0 Å². The van der Waals surface area contributed by atoms with Crippen molar-refractivity contribution in [3.05, 3.63) is 53.9 Å². The molecule has 0 atom stereocenters. The second-order valence-electron chi connectivity index (χ2n) is 4.31. The van der Waals surface area contributed by atoms with Crippen molar-refractivity contribution in [1.82, 2.24) is 10.3 Å². The quantitative estimate of drug-likeness (QED) is 0.819. The van der Waals surface area contributed by atoms with E-state index in [2.05, 4.69) is 17.2 Å². The van der Waals surface area contributed by atoms with Crippen LogP contribution in [-0.4, -0.2) is 11.5 Å². The van der Waals surface area contributed by atoms with Crippen molar-refractivity contribution in [3.63, 3.8) is 0 Å². The summed E-state index contributed by atoms with van der Waals surface area (Å²) < 4.78 is 32.2. The Morgan fingerprint density at radius 1 is 1.20 bits per heavy atom. The topological polar surface area (TPSA) is 34.2 Å². The molecule has 0 aliphatic carbocycles. The summed E-state index contributed by atoms with van der Waals surface area (Å²) in [4.78, 5) is 3.95. The summed E-state index contributed by atoms with van der Waals surface area (Å²) in [5.74, 6) is -1.66. The van der Waals surface area contributed by atoms with E-state index in [1.54, 1.807) is 12.3 Å². The first-order chi connectivity index (χ1) is 9.72. The van der Waals surface area contributed by atoms with E-state index >= 15 is 0 Å². The summed E-state index contributed by atoms with van der Waals surface area (Å²) in [6.07, 6.45) is 4.14. The van der Waals surface area contributed by atoms with Gasteiger partial charge in [0.05, 0.1) is 6.20 Å². The molecule has 5 heteroatoms. The monoisotopic (exact) mass is 278 g/mol. The Morgan fingerprint density at radius 3 is 2.85 bits per heavy atom. The van der Waals surface area contributed by atoms with Gasteiger partial charge in [-0.3, -0.25) is 4.98 Å². The molecule has 0 saturated carbocycles. The molecule has 0 amide bonds. The summed E-state index contributed by atoms with van der Waals surface area (Å²) in [5, 5.41) is 3.23. The summed E-state index contributed by atoms with van der Waals surface area (Å²) in [5.41, 5.74) is 0.845. The number of ether oxygens (including phenoxy) is 1. The van der Waals surface area contributed by atoms with Gasteiger partial charge in [0.1, 0.15) is 5.75 Å². The van der Waals surface area contributed by atoms with E-state index in [1.165, 1.54) is 18.3 Å². The number of nitrogens with one attached hydrogen (secondary N) is 1. The lowest BCUT2D eigenvalue weighted by Crippen LogP contribution is -2.14. The van der Waals surface area contributed by atoms with Crippen LogP contribution in [0.3, 0.4) is 0 Å². The molecular formula is C15H16F2N2O. The lowest BCUT2D eigenvalue weighted by molar-refractivity contribution is 0.410. The van der Waals surface area contributed by atoms with Gasteiger partial charge in [0.15, 0.2) is 11.6 Å². The second kappa shape index (κ2) is 6.96. The first-order valence-electron chi connectivity index (χ1n) is 6.48. The van der Waals surface area contributed by atoms with Crippen molar-refractivity contribution in [1.29, 1.82) is 0 Å². The third kappa shape index (κ3) is 3.51. The van der Waals surface area contributed by atoms with Crippen LogP contribution in [0.5, 0.6) is 11.5 Å². The lowest BCUT2D eigenvalue weighted by Gasteiger charge is -2.11. The molecule has 0 spiro atoms. The predicted octanol–water partition coefficient (Wildman–Crippen LogP) is 3.65. The van der Waals surface area contributed by atoms with Crippen LogP contribution in [0, 0.1) is 11.6 Å². The zero-order chi connectivity index (χ0) is 14.4. The fraction of sp³-hybridized carbons (Fsp3) is 0.267. The van der Waals surface area contributed by atoms with Crippen molar-refractivity contribution in [3.8, 4) is 11.5 Å². The maximum absolute atomic E-state index is 13.6. The Kier molecular flexibility index (Phi) is 5.01. The number of rotatable bonds is 6. The zero-order valence-electron chi connectivity index (χ0n) is 11.2. The molecule has 0 fully saturated rings. The number of benzene rings is 1. The number of hydrogen-bond donors (Lipinski definition) is 1. The molecular weight excluding hydrogens is 262 g/mol. The fourth-order valence-electron chi connectivity index (χ4n) is 1.73. The Hall–Kier alpha value is -2.01. The number of nitrogens with zero attached hydrogens (tertiary/aromatic N) is 1. The minimum Gasteiger partial charge on any atom is -0.452 e. The molecule has 0 bridgehead atoms. The maximum Gasteiger partial charge on any atom is 0.201 e. The van der Waals surface area contributed by atoms with Crippen LogP contribution in [0.2, 0.25) is 0 Å². The molecule has 1 heterocycles. The highest BCUT2D eigenvalue weighted by atomic mass is 19.2. The smallest absolute Gasteiger partial charge is 0.201 e. The van der Waals surface area contributed by atoms with E-state index in [4.69, 9.17) is 4.74 Å². The van der Waals surface area contributed by atoms with Gasteiger partial charge in [-0.2, -0.15) is 4.39 Å². The van der Waals surface area contributed by atoms with Crippen LogP contribution in [0.4, 0.5) is 8.78 Å². The Bertz CT molecular complexity index is 576. The van der Waals surface area contributed by atoms with E-state index in [0.717, 1.165) is 24.6 Å². The summed E-state index contributed by atoms with van der Waals surface area (Å²) in [6.45, 7) is 3.53. The van der Waals surface area contributed by atoms with Gasteiger partial charge in [-0.1, -0.05) is 13.0 Å². The molecule has 2 rings (SSSR count). The van der Waals surface area contributed by atoms with E-state index in [-0.39, 0.29) is 5.75 Å². The molecule has 106 valence electrons. The minimum absolute atomic E-state index is 0.144. The minimum atomic E-state index is -0.996. The number of aromatic nitrogens is 1. The van der Waals surface area contributed by atoms with E-state index in [0.29, 0.717) is 12.3 Å². The van der Waals surface area contributed by atoms with Crippen LogP contribution in [-0.2, 0) is 6.54 Å². The molecule has 0 aliphatic rings. The van der Waals surface area contributed by atoms with Crippen LogP contribution in [0.25, 0.3) is 0 Å². The zero-order valence-corrected chi connectivity index (χ0v) is 11.2. The number of halogens is 2. The van der Waals surface area contributed by atoms with E-state index < -0.39 is 11.6 Å². The van der Waals surface area contributed by atoms with Gasteiger partial charge in [-0.25, -0.2) is 4.39 Å². The highest BCUT2D eigenvalue weighted by Gasteiger charge is 2.11. The van der Waals surface area contributed by atoms with Gasteiger partial charge >= 0.3 is 0 Å². The molecule has 3 nitrogen and oxygen atoms in total. The van der Waals surface area contributed by atoms with Crippen molar-refractivity contribution in [2.24, 2.45) is 0 Å². The van der Waals surface area contributed by atoms with E-state index in [1.807, 2.05) is 0 Å². The molecule has 1 N–H and O–H groups in total. The Balaban J connectivity index is 2.18. The summed E-state index contributed by atoms with van der Waals surface area (Å²) in [7, 11) is 0. The molecule has 2 aromatic rings. The van der Waals surface area contributed by atoms with Gasteiger partial charge in [0, 0.05) is 18.3 Å². The fourth-order valence-corrected chi connectivity index (χ4v) is 1.73. The Morgan fingerprint density at radius 2 is 2.05 bits per heavy atom. The predicted molar refractivity (Wildman–Crippen MR) is 72.7 cm³/mol. The summed E-state index contributed by atoms with van der Waals surface area (Å²) >= 11 is 0. The van der Waals surface area contributed by atoms with Crippen molar-refractivity contribution >= 4 is 0 Å². The normalized spacial score (nSPS) is 10.6. The van der Waals surface area contributed by atoms with Gasteiger partial charge in [-0.05, 0) is 31.2 Å². The largest absolute Gasteiger partial charge is 0.452 e. The number of hydrogen-bond acceptors (Lipinski definition) is 3. The molecule has 0 aliphatic heterocycles. The Labute approximate surface area is 116 Å². The lowest BCUT2D eigenvalue weighted by atomic mass is 10.2. The second-order valence-corrected chi connectivity index (χ2v) is 4.31. The molecule has 1 aromatic heterocycles. The van der Waals surface area contributed by atoms with Crippen LogP contribution < -0.4 is 10.1 Å². The molecule has 1 aromatic carbocycles. The molecule has 20 heavy (non-hydrogen) atoms. The summed E-state index contributed by atoms with van der Waals surface area (Å²) in [6, 6.07) is 5.62. The van der Waals surface area contributed by atoms with Crippen molar-refractivity contribution in [2.45, 2.75) is 19.9 Å². The first kappa shape index (κ1) is 14.4. The first-order valence-corrected chi connectivity index (χ1v) is 6.48. The molecule has 0 saturated heterocycles. The number of pyridine rings is 1. The van der Waals surface area contributed by atoms with Crippen molar-refractivity contribution < 1.29 is 13.5 Å². The third-order valence-electron chi connectivity index (χ3n) is 2.75. The average Bonchev–Trinajstić information content (AvgIpc) is 2.46. The average molecular weight is 278 g/mol. The van der Waals surface area contributed by atoms with E-state index in [9.17, 15) is 8.78 Å². The maximum atomic E-state index is 13.6.